The van der Waals surface area contributed by atoms with E-state index in [1.165, 1.54) is 4.88 Å². The van der Waals surface area contributed by atoms with Gasteiger partial charge in [-0.25, -0.2) is 4.99 Å². The maximum absolute atomic E-state index is 13.5. The highest BCUT2D eigenvalue weighted by molar-refractivity contribution is 7.16. The number of hydrogen-bond acceptors (Lipinski definition) is 4. The van der Waals surface area contributed by atoms with Crippen molar-refractivity contribution in [1.29, 1.82) is 5.26 Å². The first-order valence-corrected chi connectivity index (χ1v) is 13.6. The van der Waals surface area contributed by atoms with E-state index >= 15 is 0 Å². The molecule has 2 aromatic heterocycles. The number of benzene rings is 3. The molecule has 0 radical (unpaired) electrons. The summed E-state index contributed by atoms with van der Waals surface area (Å²) in [5.74, 6) is -0.0988. The number of nitrogens with one attached hydrogen (secondary N) is 1. The van der Waals surface area contributed by atoms with Crippen molar-refractivity contribution in [2.75, 3.05) is 5.32 Å². The van der Waals surface area contributed by atoms with Crippen LogP contribution in [0.2, 0.25) is 0 Å². The molecule has 5 nitrogen and oxygen atoms in total. The number of aliphatic imine (C=N–C) groups is 1. The number of nitrogens with zero attached hydrogens (tertiary/aromatic N) is 3. The molecule has 1 N–H and O–H groups in total. The number of aromatic nitrogens is 1. The average molecular weight is 515 g/mol. The van der Waals surface area contributed by atoms with Gasteiger partial charge >= 0.3 is 0 Å². The highest BCUT2D eigenvalue weighted by atomic mass is 32.1. The molecule has 1 aliphatic rings. The lowest BCUT2D eigenvalue weighted by molar-refractivity contribution is 0.102. The number of carbonyl (C=O) groups excluding carboxylic acids is 1. The molecule has 5 aromatic rings. The van der Waals surface area contributed by atoms with Crippen LogP contribution in [0.4, 0.5) is 10.7 Å². The van der Waals surface area contributed by atoms with E-state index in [-0.39, 0.29) is 5.91 Å². The number of aryl methyl sites for hydroxylation is 1. The number of fused-ring (bicyclic) bond motifs is 2. The molecule has 0 bridgehead atoms. The fourth-order valence-corrected chi connectivity index (χ4v) is 6.41. The summed E-state index contributed by atoms with van der Waals surface area (Å²) >= 11 is 1.64. The lowest BCUT2D eigenvalue weighted by atomic mass is 9.95. The second-order valence-corrected chi connectivity index (χ2v) is 10.6. The van der Waals surface area contributed by atoms with Gasteiger partial charge in [-0.3, -0.25) is 4.79 Å². The van der Waals surface area contributed by atoms with Crippen LogP contribution in [0.15, 0.2) is 90.1 Å². The lowest BCUT2D eigenvalue weighted by Gasteiger charge is -2.12. The van der Waals surface area contributed by atoms with Crippen molar-refractivity contribution in [3.8, 4) is 6.07 Å². The number of rotatable bonds is 6. The van der Waals surface area contributed by atoms with Gasteiger partial charge in [-0.1, -0.05) is 54.6 Å². The zero-order chi connectivity index (χ0) is 25.9. The van der Waals surface area contributed by atoms with Crippen LogP contribution >= 0.6 is 11.3 Å². The topological polar surface area (TPSA) is 70.2 Å². The van der Waals surface area contributed by atoms with Crippen molar-refractivity contribution in [3.05, 3.63) is 118 Å². The highest BCUT2D eigenvalue weighted by Crippen LogP contribution is 2.40. The van der Waals surface area contributed by atoms with E-state index in [9.17, 15) is 10.1 Å². The predicted octanol–water partition coefficient (Wildman–Crippen LogP) is 7.50. The maximum Gasteiger partial charge on any atom is 0.259 e. The van der Waals surface area contributed by atoms with Crippen LogP contribution in [0.25, 0.3) is 10.9 Å². The smallest absolute Gasteiger partial charge is 0.259 e. The summed E-state index contributed by atoms with van der Waals surface area (Å²) in [6.45, 7) is 0.593. The molecule has 0 fully saturated rings. The van der Waals surface area contributed by atoms with Gasteiger partial charge in [0.1, 0.15) is 5.00 Å². The van der Waals surface area contributed by atoms with Gasteiger partial charge in [-0.15, -0.1) is 11.3 Å². The van der Waals surface area contributed by atoms with Gasteiger partial charge in [-0.2, -0.15) is 5.26 Å². The first-order chi connectivity index (χ1) is 18.7. The summed E-state index contributed by atoms with van der Waals surface area (Å²) in [6, 6.07) is 27.8. The fraction of sp³-hybridized carbons (Fsp3) is 0.156. The number of para-hydroxylation sites is 2. The zero-order valence-electron chi connectivity index (χ0n) is 20.9. The molecule has 0 saturated carbocycles. The Kier molecular flexibility index (Phi) is 6.60. The Hall–Kier alpha value is -4.47. The van der Waals surface area contributed by atoms with E-state index in [4.69, 9.17) is 4.99 Å². The largest absolute Gasteiger partial charge is 0.342 e. The van der Waals surface area contributed by atoms with Crippen LogP contribution in [0.3, 0.4) is 0 Å². The van der Waals surface area contributed by atoms with E-state index in [1.807, 2.05) is 72.9 Å². The summed E-state index contributed by atoms with van der Waals surface area (Å²) in [6.07, 6.45) is 8.12. The third-order valence-electron chi connectivity index (χ3n) is 7.03. The van der Waals surface area contributed by atoms with E-state index in [0.29, 0.717) is 17.7 Å². The molecule has 0 aliphatic heterocycles. The minimum Gasteiger partial charge on any atom is -0.342 e. The monoisotopic (exact) mass is 514 g/mol. The number of amides is 1. The number of hydrogen-bond donors (Lipinski definition) is 1. The third kappa shape index (κ3) is 4.65. The Labute approximate surface area is 225 Å². The van der Waals surface area contributed by atoms with E-state index < -0.39 is 0 Å². The molecular weight excluding hydrogens is 488 g/mol. The zero-order valence-corrected chi connectivity index (χ0v) is 21.7. The van der Waals surface area contributed by atoms with E-state index in [2.05, 4.69) is 34.3 Å². The molecule has 6 rings (SSSR count). The quantitative estimate of drug-likeness (QED) is 0.238. The number of nitriles is 1. The molecule has 3 aromatic carbocycles. The van der Waals surface area contributed by atoms with Crippen LogP contribution in [0, 0.1) is 11.3 Å². The normalized spacial score (nSPS) is 12.9. The summed E-state index contributed by atoms with van der Waals surface area (Å²) in [5.41, 5.74) is 6.35. The Morgan fingerprint density at radius 2 is 1.76 bits per heavy atom. The number of carbonyl (C=O) groups is 1. The molecule has 1 amide bonds. The summed E-state index contributed by atoms with van der Waals surface area (Å²) in [7, 11) is 0. The standard InChI is InChI=1S/C32H26N4OS/c33-18-22-10-4-5-11-23(22)20-36-21-24(26-14-6-8-16-28(26)36)19-34-32-30(27-15-7-9-17-29(27)38-32)31(37)35-25-12-2-1-3-13-25/h1-6,8,10-14,16,19,21H,7,9,15,17,20H2,(H,35,37). The Morgan fingerprint density at radius 3 is 2.63 bits per heavy atom. The van der Waals surface area contributed by atoms with Crippen LogP contribution in [-0.4, -0.2) is 16.7 Å². The summed E-state index contributed by atoms with van der Waals surface area (Å²) < 4.78 is 2.16. The van der Waals surface area contributed by atoms with Crippen LogP contribution < -0.4 is 5.32 Å². The number of anilines is 1. The van der Waals surface area contributed by atoms with Crippen LogP contribution in [0.5, 0.6) is 0 Å². The predicted molar refractivity (Wildman–Crippen MR) is 155 cm³/mol. The van der Waals surface area contributed by atoms with Crippen molar-refractivity contribution in [1.82, 2.24) is 4.57 Å². The minimum absolute atomic E-state index is 0.0988. The first-order valence-electron chi connectivity index (χ1n) is 12.8. The second kappa shape index (κ2) is 10.5. The molecule has 2 heterocycles. The fourth-order valence-electron chi connectivity index (χ4n) is 5.18. The summed E-state index contributed by atoms with van der Waals surface area (Å²) in [5, 5.41) is 14.5. The first kappa shape index (κ1) is 23.9. The van der Waals surface area contributed by atoms with Gasteiger partial charge in [0.05, 0.1) is 17.2 Å². The van der Waals surface area contributed by atoms with Gasteiger partial charge in [0, 0.05) is 46.0 Å². The Bertz CT molecular complexity index is 1700. The Balaban J connectivity index is 1.37. The summed E-state index contributed by atoms with van der Waals surface area (Å²) in [4.78, 5) is 19.6. The molecule has 186 valence electrons. The van der Waals surface area contributed by atoms with E-state index in [1.54, 1.807) is 11.3 Å². The molecule has 0 spiro atoms. The SMILES string of the molecule is N#Cc1ccccc1Cn1cc(C=Nc2sc3c(c2C(=O)Nc2ccccc2)CCCC3)c2ccccc21. The molecular formula is C32H26N4OS. The van der Waals surface area contributed by atoms with Crippen molar-refractivity contribution >= 4 is 45.0 Å². The van der Waals surface area contributed by atoms with Crippen molar-refractivity contribution in [2.45, 2.75) is 32.2 Å². The van der Waals surface area contributed by atoms with Gasteiger partial charge in [0.2, 0.25) is 0 Å². The van der Waals surface area contributed by atoms with Crippen molar-refractivity contribution in [3.63, 3.8) is 0 Å². The highest BCUT2D eigenvalue weighted by Gasteiger charge is 2.25. The maximum atomic E-state index is 13.5. The van der Waals surface area contributed by atoms with Gasteiger partial charge < -0.3 is 9.88 Å². The molecule has 38 heavy (non-hydrogen) atoms. The van der Waals surface area contributed by atoms with Gasteiger partial charge in [-0.05, 0) is 61.1 Å². The van der Waals surface area contributed by atoms with Crippen molar-refractivity contribution in [2.24, 2.45) is 4.99 Å². The molecule has 0 unspecified atom stereocenters. The molecule has 0 atom stereocenters. The second-order valence-electron chi connectivity index (χ2n) is 9.47. The van der Waals surface area contributed by atoms with Crippen molar-refractivity contribution < 1.29 is 4.79 Å². The van der Waals surface area contributed by atoms with Gasteiger partial charge in [0.15, 0.2) is 0 Å². The van der Waals surface area contributed by atoms with Crippen LogP contribution in [-0.2, 0) is 19.4 Å². The average Bonchev–Trinajstić information content (AvgIpc) is 3.51. The minimum atomic E-state index is -0.0988. The Morgan fingerprint density at radius 1 is 1.00 bits per heavy atom. The molecule has 0 saturated heterocycles. The van der Waals surface area contributed by atoms with E-state index in [0.717, 1.165) is 64.0 Å². The third-order valence-corrected chi connectivity index (χ3v) is 8.23. The lowest BCUT2D eigenvalue weighted by Crippen LogP contribution is -2.14. The van der Waals surface area contributed by atoms with Crippen LogP contribution in [0.1, 0.15) is 50.3 Å². The molecule has 1 aliphatic carbocycles. The number of thiophene rings is 1. The molecule has 6 heteroatoms. The van der Waals surface area contributed by atoms with Gasteiger partial charge in [0.25, 0.3) is 5.91 Å².